The van der Waals surface area contributed by atoms with E-state index in [4.69, 9.17) is 9.47 Å². The van der Waals surface area contributed by atoms with Gasteiger partial charge in [-0.1, -0.05) is 6.07 Å². The molecule has 3 aliphatic heterocycles. The van der Waals surface area contributed by atoms with Gasteiger partial charge in [0.2, 0.25) is 5.91 Å². The van der Waals surface area contributed by atoms with Gasteiger partial charge < -0.3 is 19.7 Å². The molecule has 0 spiro atoms. The first-order valence-electron chi connectivity index (χ1n) is 7.73. The molecule has 0 aliphatic carbocycles. The van der Waals surface area contributed by atoms with Crippen LogP contribution in [0.5, 0.6) is 11.5 Å². The third-order valence-corrected chi connectivity index (χ3v) is 4.62. The summed E-state index contributed by atoms with van der Waals surface area (Å²) >= 11 is 0. The Kier molecular flexibility index (Phi) is 3.22. The van der Waals surface area contributed by atoms with Crippen molar-refractivity contribution in [2.75, 3.05) is 32.8 Å². The van der Waals surface area contributed by atoms with E-state index in [-0.39, 0.29) is 12.0 Å². The molecule has 1 atom stereocenters. The van der Waals surface area contributed by atoms with Gasteiger partial charge in [0.05, 0.1) is 12.0 Å². The molecule has 2 saturated heterocycles. The third kappa shape index (κ3) is 2.25. The lowest BCUT2D eigenvalue weighted by Crippen LogP contribution is -2.51. The molecule has 4 rings (SSSR count). The molecule has 0 aromatic heterocycles. The average molecular weight is 288 g/mol. The zero-order chi connectivity index (χ0) is 14.2. The Hall–Kier alpha value is -1.75. The molecule has 0 saturated carbocycles. The number of nitrogens with one attached hydrogen (secondary N) is 1. The lowest BCUT2D eigenvalue weighted by Gasteiger charge is -2.34. The van der Waals surface area contributed by atoms with Crippen LogP contribution in [0.3, 0.4) is 0 Å². The monoisotopic (exact) mass is 288 g/mol. The van der Waals surface area contributed by atoms with Gasteiger partial charge in [0.1, 0.15) is 13.2 Å². The summed E-state index contributed by atoms with van der Waals surface area (Å²) in [6, 6.07) is 6.27. The number of hydrogen-bond donors (Lipinski definition) is 1. The van der Waals surface area contributed by atoms with E-state index in [9.17, 15) is 4.79 Å². The number of likely N-dealkylation sites (tertiary alicyclic amines) is 1. The molecular weight excluding hydrogens is 268 g/mol. The lowest BCUT2D eigenvalue weighted by molar-refractivity contribution is -0.138. The molecule has 21 heavy (non-hydrogen) atoms. The molecule has 1 amide bonds. The van der Waals surface area contributed by atoms with Crippen molar-refractivity contribution in [3.8, 4) is 11.5 Å². The average Bonchev–Trinajstić information content (AvgIpc) is 2.94. The van der Waals surface area contributed by atoms with E-state index >= 15 is 0 Å². The molecule has 1 N–H and O–H groups in total. The predicted octanol–water partition coefficient (Wildman–Crippen LogP) is 1.34. The van der Waals surface area contributed by atoms with E-state index < -0.39 is 0 Å². The Morgan fingerprint density at radius 2 is 2.00 bits per heavy atom. The van der Waals surface area contributed by atoms with Gasteiger partial charge >= 0.3 is 0 Å². The topological polar surface area (TPSA) is 50.8 Å². The number of hydrogen-bond acceptors (Lipinski definition) is 4. The minimum absolute atomic E-state index is 0.169. The van der Waals surface area contributed by atoms with Crippen LogP contribution < -0.4 is 14.8 Å². The highest BCUT2D eigenvalue weighted by Crippen LogP contribution is 2.38. The van der Waals surface area contributed by atoms with E-state index in [1.807, 2.05) is 12.1 Å². The van der Waals surface area contributed by atoms with Gasteiger partial charge in [0.15, 0.2) is 11.5 Å². The van der Waals surface area contributed by atoms with Gasteiger partial charge in [0.25, 0.3) is 0 Å². The third-order valence-electron chi connectivity index (χ3n) is 4.62. The Labute approximate surface area is 124 Å². The van der Waals surface area contributed by atoms with Crippen LogP contribution in [-0.4, -0.2) is 43.7 Å². The Morgan fingerprint density at radius 3 is 2.76 bits per heavy atom. The van der Waals surface area contributed by atoms with Crippen LogP contribution in [0.2, 0.25) is 0 Å². The number of carbonyl (C=O) groups is 1. The zero-order valence-electron chi connectivity index (χ0n) is 12.0. The second kappa shape index (κ2) is 5.22. The maximum Gasteiger partial charge on any atom is 0.228 e. The van der Waals surface area contributed by atoms with Crippen LogP contribution in [0.15, 0.2) is 18.2 Å². The van der Waals surface area contributed by atoms with Crippen molar-refractivity contribution in [2.45, 2.75) is 18.9 Å². The molecule has 0 radical (unpaired) electrons. The van der Waals surface area contributed by atoms with Crippen LogP contribution in [0.1, 0.15) is 24.4 Å². The standard InChI is InChI=1S/C16H20N2O3/c19-16(12-9-17-10-12)18-5-1-2-13(18)11-3-4-14-15(8-11)21-7-6-20-14/h3-4,8,12-13,17H,1-2,5-7,9-10H2. The van der Waals surface area contributed by atoms with Gasteiger partial charge in [-0.2, -0.15) is 0 Å². The van der Waals surface area contributed by atoms with Crippen molar-refractivity contribution in [2.24, 2.45) is 5.92 Å². The quantitative estimate of drug-likeness (QED) is 0.892. The molecule has 3 aliphatic rings. The highest BCUT2D eigenvalue weighted by molar-refractivity contribution is 5.81. The van der Waals surface area contributed by atoms with Gasteiger partial charge in [-0.3, -0.25) is 4.79 Å². The summed E-state index contributed by atoms with van der Waals surface area (Å²) in [6.45, 7) is 3.72. The van der Waals surface area contributed by atoms with Gasteiger partial charge in [-0.05, 0) is 30.5 Å². The Balaban J connectivity index is 1.58. The maximum atomic E-state index is 12.5. The fraction of sp³-hybridized carbons (Fsp3) is 0.562. The van der Waals surface area contributed by atoms with Gasteiger partial charge in [0, 0.05) is 19.6 Å². The molecule has 5 nitrogen and oxygen atoms in total. The van der Waals surface area contributed by atoms with E-state index in [0.717, 1.165) is 49.5 Å². The Bertz CT molecular complexity index is 556. The number of carbonyl (C=O) groups excluding carboxylic acids is 1. The van der Waals surface area contributed by atoms with Crippen molar-refractivity contribution in [3.63, 3.8) is 0 Å². The highest BCUT2D eigenvalue weighted by atomic mass is 16.6. The maximum absolute atomic E-state index is 12.5. The van der Waals surface area contributed by atoms with Crippen LogP contribution in [0.4, 0.5) is 0 Å². The van der Waals surface area contributed by atoms with Gasteiger partial charge in [-0.15, -0.1) is 0 Å². The molecule has 1 aromatic rings. The number of benzene rings is 1. The van der Waals surface area contributed by atoms with E-state index in [1.165, 1.54) is 0 Å². The van der Waals surface area contributed by atoms with Crippen molar-refractivity contribution in [1.29, 1.82) is 0 Å². The van der Waals surface area contributed by atoms with E-state index in [2.05, 4.69) is 16.3 Å². The first kappa shape index (κ1) is 13.0. The fourth-order valence-corrected chi connectivity index (χ4v) is 3.34. The summed E-state index contributed by atoms with van der Waals surface area (Å²) in [4.78, 5) is 14.6. The highest BCUT2D eigenvalue weighted by Gasteiger charge is 2.36. The SMILES string of the molecule is O=C(C1CNC1)N1CCCC1c1ccc2c(c1)OCCO2. The van der Waals surface area contributed by atoms with Crippen molar-refractivity contribution < 1.29 is 14.3 Å². The summed E-state index contributed by atoms with van der Waals surface area (Å²) < 4.78 is 11.2. The smallest absolute Gasteiger partial charge is 0.228 e. The van der Waals surface area contributed by atoms with Crippen LogP contribution >= 0.6 is 0 Å². The molecule has 2 fully saturated rings. The summed E-state index contributed by atoms with van der Waals surface area (Å²) in [5, 5.41) is 3.18. The van der Waals surface area contributed by atoms with Crippen molar-refractivity contribution in [3.05, 3.63) is 23.8 Å². The number of ether oxygens (including phenoxy) is 2. The number of rotatable bonds is 2. The number of fused-ring (bicyclic) bond motifs is 1. The fourth-order valence-electron chi connectivity index (χ4n) is 3.34. The summed E-state index contributed by atoms with van der Waals surface area (Å²) in [5.41, 5.74) is 1.16. The summed E-state index contributed by atoms with van der Waals surface area (Å²) in [5.74, 6) is 2.08. The second-order valence-corrected chi connectivity index (χ2v) is 5.95. The molecule has 3 heterocycles. The number of nitrogens with zero attached hydrogens (tertiary/aromatic N) is 1. The molecule has 112 valence electrons. The van der Waals surface area contributed by atoms with E-state index in [0.29, 0.717) is 19.1 Å². The molecule has 1 aromatic carbocycles. The second-order valence-electron chi connectivity index (χ2n) is 5.95. The largest absolute Gasteiger partial charge is 0.486 e. The van der Waals surface area contributed by atoms with Crippen molar-refractivity contribution >= 4 is 5.91 Å². The molecule has 0 bridgehead atoms. The van der Waals surface area contributed by atoms with Crippen LogP contribution in [0, 0.1) is 5.92 Å². The Morgan fingerprint density at radius 1 is 1.19 bits per heavy atom. The van der Waals surface area contributed by atoms with Crippen molar-refractivity contribution in [1.82, 2.24) is 10.2 Å². The zero-order valence-corrected chi connectivity index (χ0v) is 12.0. The minimum Gasteiger partial charge on any atom is -0.486 e. The first-order chi connectivity index (χ1) is 10.3. The normalized spacial score (nSPS) is 24.8. The number of amides is 1. The molecule has 1 unspecified atom stereocenters. The summed E-state index contributed by atoms with van der Waals surface area (Å²) in [6.07, 6.45) is 2.11. The minimum atomic E-state index is 0.169. The lowest BCUT2D eigenvalue weighted by atomic mass is 9.99. The first-order valence-corrected chi connectivity index (χ1v) is 7.73. The van der Waals surface area contributed by atoms with Crippen LogP contribution in [-0.2, 0) is 4.79 Å². The molecule has 5 heteroatoms. The van der Waals surface area contributed by atoms with Crippen LogP contribution in [0.25, 0.3) is 0 Å². The van der Waals surface area contributed by atoms with E-state index in [1.54, 1.807) is 0 Å². The van der Waals surface area contributed by atoms with Gasteiger partial charge in [-0.25, -0.2) is 0 Å². The summed E-state index contributed by atoms with van der Waals surface area (Å²) in [7, 11) is 0. The predicted molar refractivity (Wildman–Crippen MR) is 77.5 cm³/mol. The molecular formula is C16H20N2O3.